The van der Waals surface area contributed by atoms with Crippen molar-refractivity contribution in [2.75, 3.05) is 6.54 Å². The third-order valence-corrected chi connectivity index (χ3v) is 9.73. The Morgan fingerprint density at radius 3 is 2.08 bits per heavy atom. The molecule has 3 aromatic rings. The van der Waals surface area contributed by atoms with Crippen molar-refractivity contribution in [2.45, 2.75) is 68.3 Å². The number of hydrogen-bond donors (Lipinski definition) is 2. The highest BCUT2D eigenvalue weighted by molar-refractivity contribution is 7.89. The molecule has 2 N–H and O–H groups in total. The van der Waals surface area contributed by atoms with E-state index in [1.54, 1.807) is 24.3 Å². The van der Waals surface area contributed by atoms with E-state index in [1.807, 2.05) is 47.4 Å². The molecule has 1 amide bonds. The number of hydrogen-bond acceptors (Lipinski definition) is 4. The molecule has 5 rings (SSSR count). The molecule has 1 aliphatic heterocycles. The van der Waals surface area contributed by atoms with Crippen LogP contribution in [0.25, 0.3) is 11.1 Å². The summed E-state index contributed by atoms with van der Waals surface area (Å²) in [7, 11) is -3.68. The van der Waals surface area contributed by atoms with Crippen molar-refractivity contribution in [3.05, 3.63) is 90.0 Å². The summed E-state index contributed by atoms with van der Waals surface area (Å²) in [5.74, 6) is -0.673. The summed E-state index contributed by atoms with van der Waals surface area (Å²) in [6.07, 6.45) is 5.22. The average Bonchev–Trinajstić information content (AvgIpc) is 3.47. The molecule has 2 fully saturated rings. The van der Waals surface area contributed by atoms with E-state index in [0.717, 1.165) is 36.1 Å². The molecule has 210 valence electrons. The Morgan fingerprint density at radius 1 is 0.825 bits per heavy atom. The zero-order chi connectivity index (χ0) is 28.1. The van der Waals surface area contributed by atoms with Crippen molar-refractivity contribution < 1.29 is 23.1 Å². The number of carboxylic acid groups (broad SMARTS) is 1. The maximum atomic E-state index is 13.4. The van der Waals surface area contributed by atoms with Crippen LogP contribution in [0.15, 0.2) is 83.8 Å². The molecule has 0 radical (unpaired) electrons. The van der Waals surface area contributed by atoms with Crippen LogP contribution in [0.2, 0.25) is 0 Å². The van der Waals surface area contributed by atoms with Crippen LogP contribution >= 0.6 is 0 Å². The fourth-order valence-electron chi connectivity index (χ4n) is 5.97. The first-order chi connectivity index (χ1) is 19.3. The molecule has 1 aliphatic carbocycles. The Morgan fingerprint density at radius 2 is 1.45 bits per heavy atom. The third-order valence-electron chi connectivity index (χ3n) is 8.20. The Labute approximate surface area is 236 Å². The monoisotopic (exact) mass is 560 g/mol. The smallest absolute Gasteiger partial charge is 0.303 e. The van der Waals surface area contributed by atoms with Gasteiger partial charge in [0.1, 0.15) is 0 Å². The lowest BCUT2D eigenvalue weighted by Crippen LogP contribution is -2.42. The summed E-state index contributed by atoms with van der Waals surface area (Å²) < 4.78 is 29.1. The molecule has 8 heteroatoms. The van der Waals surface area contributed by atoms with Gasteiger partial charge >= 0.3 is 5.97 Å². The van der Waals surface area contributed by atoms with E-state index < -0.39 is 16.0 Å². The van der Waals surface area contributed by atoms with E-state index in [4.69, 9.17) is 5.11 Å². The second kappa shape index (κ2) is 12.4. The van der Waals surface area contributed by atoms with E-state index in [0.29, 0.717) is 32.1 Å². The average molecular weight is 561 g/mol. The standard InChI is InChI=1S/C32H36N2O5S/c35-31(36)21-10-23-8-11-24(12-9-23)25-15-19-29(20-16-25)40(38,39)33-28-17-13-27(14-18-28)32(37)34-22-4-7-30(34)26-5-2-1-3-6-26/h1-3,5-6,8-9,11-12,15-16,19-20,27-28,30,33H,4,7,10,13-14,17-18,21-22H2,(H,35,36). The van der Waals surface area contributed by atoms with Gasteiger partial charge < -0.3 is 10.0 Å². The minimum Gasteiger partial charge on any atom is -0.481 e. The molecule has 2 aliphatic rings. The van der Waals surface area contributed by atoms with E-state index >= 15 is 0 Å². The van der Waals surface area contributed by atoms with E-state index in [1.165, 1.54) is 5.56 Å². The number of nitrogens with one attached hydrogen (secondary N) is 1. The van der Waals surface area contributed by atoms with Gasteiger partial charge in [0.2, 0.25) is 15.9 Å². The normalized spacial score (nSPS) is 21.3. The van der Waals surface area contributed by atoms with Gasteiger partial charge in [0, 0.05) is 24.9 Å². The van der Waals surface area contributed by atoms with Crippen molar-refractivity contribution >= 4 is 21.9 Å². The number of carbonyl (C=O) groups excluding carboxylic acids is 1. The second-order valence-corrected chi connectivity index (χ2v) is 12.6. The Balaban J connectivity index is 1.15. The molecular weight excluding hydrogens is 524 g/mol. The van der Waals surface area contributed by atoms with Crippen LogP contribution in [0, 0.1) is 5.92 Å². The van der Waals surface area contributed by atoms with Crippen LogP contribution in [0.1, 0.15) is 62.1 Å². The van der Waals surface area contributed by atoms with Crippen molar-refractivity contribution in [1.82, 2.24) is 9.62 Å². The van der Waals surface area contributed by atoms with Gasteiger partial charge in [-0.3, -0.25) is 9.59 Å². The van der Waals surface area contributed by atoms with Crippen LogP contribution in [-0.2, 0) is 26.0 Å². The van der Waals surface area contributed by atoms with Gasteiger partial charge in [-0.2, -0.15) is 0 Å². The molecule has 1 atom stereocenters. The predicted octanol–water partition coefficient (Wildman–Crippen LogP) is 5.57. The lowest BCUT2D eigenvalue weighted by Gasteiger charge is -2.33. The molecule has 3 aromatic carbocycles. The van der Waals surface area contributed by atoms with Crippen molar-refractivity contribution in [3.8, 4) is 11.1 Å². The number of aryl methyl sites for hydroxylation is 1. The minimum absolute atomic E-state index is 0.0557. The number of sulfonamides is 1. The first-order valence-corrected chi connectivity index (χ1v) is 15.6. The van der Waals surface area contributed by atoms with Gasteiger partial charge in [0.25, 0.3) is 0 Å². The SMILES string of the molecule is O=C(O)CCc1ccc(-c2ccc(S(=O)(=O)NC3CCC(C(=O)N4CCCC4c4ccccc4)CC3)cc2)cc1. The highest BCUT2D eigenvalue weighted by atomic mass is 32.2. The van der Waals surface area contributed by atoms with Gasteiger partial charge in [0.05, 0.1) is 10.9 Å². The van der Waals surface area contributed by atoms with Gasteiger partial charge in [-0.05, 0) is 79.3 Å². The Bertz CT molecular complexity index is 1410. The maximum absolute atomic E-state index is 13.4. The number of benzene rings is 3. The van der Waals surface area contributed by atoms with Crippen LogP contribution in [-0.4, -0.2) is 42.9 Å². The largest absolute Gasteiger partial charge is 0.481 e. The van der Waals surface area contributed by atoms with E-state index in [9.17, 15) is 18.0 Å². The van der Waals surface area contributed by atoms with Gasteiger partial charge in [-0.25, -0.2) is 13.1 Å². The molecule has 40 heavy (non-hydrogen) atoms. The van der Waals surface area contributed by atoms with Crippen molar-refractivity contribution in [1.29, 1.82) is 0 Å². The quantitative estimate of drug-likeness (QED) is 0.356. The Kier molecular flexibility index (Phi) is 8.66. The highest BCUT2D eigenvalue weighted by Crippen LogP contribution is 2.36. The summed E-state index contributed by atoms with van der Waals surface area (Å²) >= 11 is 0. The van der Waals surface area contributed by atoms with E-state index in [-0.39, 0.29) is 35.2 Å². The third kappa shape index (κ3) is 6.62. The van der Waals surface area contributed by atoms with Crippen LogP contribution in [0.3, 0.4) is 0 Å². The number of amides is 1. The second-order valence-electron chi connectivity index (χ2n) is 10.9. The molecule has 1 saturated carbocycles. The highest BCUT2D eigenvalue weighted by Gasteiger charge is 2.36. The topological polar surface area (TPSA) is 104 Å². The summed E-state index contributed by atoms with van der Waals surface area (Å²) in [4.78, 5) is 26.4. The lowest BCUT2D eigenvalue weighted by molar-refractivity contribution is -0.138. The lowest BCUT2D eigenvalue weighted by atomic mass is 9.85. The van der Waals surface area contributed by atoms with Crippen molar-refractivity contribution in [2.24, 2.45) is 5.92 Å². The van der Waals surface area contributed by atoms with Gasteiger partial charge in [-0.15, -0.1) is 0 Å². The Hall–Kier alpha value is -3.49. The zero-order valence-corrected chi connectivity index (χ0v) is 23.4. The maximum Gasteiger partial charge on any atom is 0.303 e. The fourth-order valence-corrected chi connectivity index (χ4v) is 7.28. The number of nitrogens with zero attached hydrogens (tertiary/aromatic N) is 1. The molecule has 1 saturated heterocycles. The number of carbonyl (C=O) groups is 2. The molecule has 0 spiro atoms. The van der Waals surface area contributed by atoms with E-state index in [2.05, 4.69) is 16.9 Å². The molecular formula is C32H36N2O5S. The fraction of sp³-hybridized carbons (Fsp3) is 0.375. The minimum atomic E-state index is -3.68. The van der Waals surface area contributed by atoms with Gasteiger partial charge in [-0.1, -0.05) is 66.7 Å². The van der Waals surface area contributed by atoms with Crippen LogP contribution in [0.4, 0.5) is 0 Å². The summed E-state index contributed by atoms with van der Waals surface area (Å²) in [5, 5.41) is 8.85. The first-order valence-electron chi connectivity index (χ1n) is 14.1. The summed E-state index contributed by atoms with van der Waals surface area (Å²) in [6.45, 7) is 0.788. The molecule has 1 unspecified atom stereocenters. The van der Waals surface area contributed by atoms with Gasteiger partial charge in [0.15, 0.2) is 0 Å². The molecule has 7 nitrogen and oxygen atoms in total. The van der Waals surface area contributed by atoms with Crippen LogP contribution in [0.5, 0.6) is 0 Å². The number of aliphatic carboxylic acids is 1. The molecule has 1 heterocycles. The summed E-state index contributed by atoms with van der Waals surface area (Å²) in [6, 6.07) is 24.6. The first kappa shape index (κ1) is 28.1. The van der Waals surface area contributed by atoms with Crippen LogP contribution < -0.4 is 4.72 Å². The predicted molar refractivity (Wildman–Crippen MR) is 154 cm³/mol. The number of likely N-dealkylation sites (tertiary alicyclic amines) is 1. The number of rotatable bonds is 9. The molecule has 0 bridgehead atoms. The van der Waals surface area contributed by atoms with Crippen molar-refractivity contribution in [3.63, 3.8) is 0 Å². The zero-order valence-electron chi connectivity index (χ0n) is 22.5. The molecule has 0 aromatic heterocycles. The number of carboxylic acids is 1. The summed E-state index contributed by atoms with van der Waals surface area (Å²) in [5.41, 5.74) is 3.96.